The zero-order valence-electron chi connectivity index (χ0n) is 31.8. The van der Waals surface area contributed by atoms with Crippen LogP contribution in [-0.4, -0.2) is 73.6 Å². The normalized spacial score (nSPS) is 45.8. The molecule has 6 aliphatic rings. The molecule has 11 atom stereocenters. The molecule has 1 saturated heterocycles. The van der Waals surface area contributed by atoms with Crippen LogP contribution in [0.15, 0.2) is 12.2 Å². The monoisotopic (exact) mass is 666 g/mol. The summed E-state index contributed by atoms with van der Waals surface area (Å²) in [5.74, 6) is 2.04. The predicted octanol–water partition coefficient (Wildman–Crippen LogP) is 7.67. The molecule has 0 aromatic carbocycles. The number of carbonyl (C=O) groups excluding carboxylic acids is 3. The van der Waals surface area contributed by atoms with Crippen molar-refractivity contribution in [2.75, 3.05) is 33.8 Å². The van der Waals surface area contributed by atoms with Gasteiger partial charge in [-0.1, -0.05) is 39.8 Å². The van der Waals surface area contributed by atoms with E-state index < -0.39 is 5.41 Å². The lowest BCUT2D eigenvalue weighted by molar-refractivity contribution is -0.257. The van der Waals surface area contributed by atoms with Gasteiger partial charge in [0.15, 0.2) is 0 Å². The Bertz CT molecular complexity index is 1310. The quantitative estimate of drug-likeness (QED) is 0.214. The molecule has 1 aliphatic heterocycles. The molecule has 0 bridgehead atoms. The molecule has 4 unspecified atom stereocenters. The molecular formula is C41H66N2O5. The van der Waals surface area contributed by atoms with Crippen LogP contribution in [0.1, 0.15) is 126 Å². The molecular weight excluding hydrogens is 600 g/mol. The first kappa shape index (κ1) is 35.9. The van der Waals surface area contributed by atoms with E-state index >= 15 is 0 Å². The van der Waals surface area contributed by atoms with Gasteiger partial charge in [-0.3, -0.25) is 14.4 Å². The summed E-state index contributed by atoms with van der Waals surface area (Å²) in [6, 6.07) is 0.565. The molecule has 0 spiro atoms. The molecule has 5 aliphatic carbocycles. The van der Waals surface area contributed by atoms with Crippen molar-refractivity contribution in [1.82, 2.24) is 9.80 Å². The van der Waals surface area contributed by atoms with E-state index in [0.29, 0.717) is 48.1 Å². The lowest BCUT2D eigenvalue weighted by Crippen LogP contribution is -2.68. The van der Waals surface area contributed by atoms with Crippen molar-refractivity contribution in [2.45, 2.75) is 138 Å². The van der Waals surface area contributed by atoms with Crippen LogP contribution in [0.25, 0.3) is 0 Å². The maximum Gasteiger partial charge on any atom is 0.302 e. The van der Waals surface area contributed by atoms with Gasteiger partial charge in [-0.15, -0.1) is 0 Å². The standard InChI is InChI=1S/C41H66N2O5/c1-26(2)30-13-20-41(36(46)43-23-16-29(17-24-43)42(9)10)22-21-39(7)31(35(30)41)11-12-33-37(5)18-15-34(48-28(4)45)38(6,25-47-27(3)44)32(37)14-19-40(33,39)8/h29-35H,1,11-25H2,2-10H3/t30-,31?,32?,33?,34-,35?,37-,38-,39+,40+,41-/m0/s1. The number of hydrogen-bond acceptors (Lipinski definition) is 6. The van der Waals surface area contributed by atoms with Gasteiger partial charge in [-0.25, -0.2) is 0 Å². The van der Waals surface area contributed by atoms with Crippen molar-refractivity contribution in [1.29, 1.82) is 0 Å². The minimum Gasteiger partial charge on any atom is -0.465 e. The van der Waals surface area contributed by atoms with Gasteiger partial charge in [0, 0.05) is 38.4 Å². The van der Waals surface area contributed by atoms with E-state index in [-0.39, 0.29) is 39.7 Å². The molecule has 0 N–H and O–H groups in total. The van der Waals surface area contributed by atoms with E-state index in [0.717, 1.165) is 77.3 Å². The van der Waals surface area contributed by atoms with Gasteiger partial charge in [0.05, 0.1) is 5.41 Å². The first-order valence-corrected chi connectivity index (χ1v) is 19.4. The Morgan fingerprint density at radius 1 is 0.771 bits per heavy atom. The number of carbonyl (C=O) groups is 3. The maximum atomic E-state index is 14.9. The number of piperidine rings is 1. The van der Waals surface area contributed by atoms with Crippen molar-refractivity contribution in [3.8, 4) is 0 Å². The molecule has 1 amide bonds. The maximum absolute atomic E-state index is 14.9. The van der Waals surface area contributed by atoms with Crippen molar-refractivity contribution < 1.29 is 23.9 Å². The van der Waals surface area contributed by atoms with Crippen LogP contribution in [0, 0.1) is 56.7 Å². The van der Waals surface area contributed by atoms with Crippen molar-refractivity contribution in [3.63, 3.8) is 0 Å². The number of hydrogen-bond donors (Lipinski definition) is 0. The molecule has 0 aromatic rings. The number of nitrogens with zero attached hydrogens (tertiary/aromatic N) is 2. The summed E-state index contributed by atoms with van der Waals surface area (Å²) in [6.45, 7) is 21.8. The van der Waals surface area contributed by atoms with Crippen molar-refractivity contribution in [3.05, 3.63) is 12.2 Å². The van der Waals surface area contributed by atoms with Crippen LogP contribution in [0.4, 0.5) is 0 Å². The first-order chi connectivity index (χ1) is 22.4. The smallest absolute Gasteiger partial charge is 0.302 e. The van der Waals surface area contributed by atoms with Gasteiger partial charge in [0.1, 0.15) is 12.7 Å². The van der Waals surface area contributed by atoms with Crippen molar-refractivity contribution >= 4 is 17.8 Å². The number of rotatable bonds is 6. The number of esters is 2. The Labute approximate surface area is 291 Å². The molecule has 6 rings (SSSR count). The van der Waals surface area contributed by atoms with Gasteiger partial charge < -0.3 is 19.3 Å². The van der Waals surface area contributed by atoms with Crippen molar-refractivity contribution in [2.24, 2.45) is 56.7 Å². The number of ether oxygens (including phenoxy) is 2. The van der Waals surface area contributed by atoms with E-state index in [1.54, 1.807) is 0 Å². The van der Waals surface area contributed by atoms with E-state index in [4.69, 9.17) is 9.47 Å². The largest absolute Gasteiger partial charge is 0.465 e. The third-order valence-electron chi connectivity index (χ3n) is 16.6. The molecule has 5 saturated carbocycles. The first-order valence-electron chi connectivity index (χ1n) is 19.4. The van der Waals surface area contributed by atoms with Crippen LogP contribution in [-0.2, 0) is 23.9 Å². The Morgan fingerprint density at radius 2 is 1.46 bits per heavy atom. The third-order valence-corrected chi connectivity index (χ3v) is 16.6. The zero-order chi connectivity index (χ0) is 35.0. The Hall–Kier alpha value is -1.89. The second-order valence-electron chi connectivity index (χ2n) is 18.8. The summed E-state index contributed by atoms with van der Waals surface area (Å²) in [7, 11) is 4.34. The molecule has 1 heterocycles. The predicted molar refractivity (Wildman–Crippen MR) is 189 cm³/mol. The van der Waals surface area contributed by atoms with Gasteiger partial charge in [0.2, 0.25) is 5.91 Å². The van der Waals surface area contributed by atoms with E-state index in [1.165, 1.54) is 32.3 Å². The van der Waals surface area contributed by atoms with E-state index in [9.17, 15) is 14.4 Å². The zero-order valence-corrected chi connectivity index (χ0v) is 31.8. The summed E-state index contributed by atoms with van der Waals surface area (Å²) in [5.41, 5.74) is 0.920. The molecule has 7 heteroatoms. The highest BCUT2D eigenvalue weighted by Crippen LogP contribution is 2.77. The highest BCUT2D eigenvalue weighted by atomic mass is 16.6. The average Bonchev–Trinajstić information content (AvgIpc) is 3.43. The lowest BCUT2D eigenvalue weighted by Gasteiger charge is -2.73. The summed E-state index contributed by atoms with van der Waals surface area (Å²) in [5, 5.41) is 0. The van der Waals surface area contributed by atoms with Crippen LogP contribution in [0.5, 0.6) is 0 Å². The summed E-state index contributed by atoms with van der Waals surface area (Å²) in [6.07, 6.45) is 12.4. The van der Waals surface area contributed by atoms with E-state index in [2.05, 4.69) is 65.1 Å². The van der Waals surface area contributed by atoms with E-state index in [1.807, 2.05) is 0 Å². The molecule has 48 heavy (non-hydrogen) atoms. The fourth-order valence-electron chi connectivity index (χ4n) is 14.1. The highest BCUT2D eigenvalue weighted by molar-refractivity contribution is 5.84. The van der Waals surface area contributed by atoms with Crippen LogP contribution < -0.4 is 0 Å². The number of allylic oxidation sites excluding steroid dienone is 1. The molecule has 0 aromatic heterocycles. The lowest BCUT2D eigenvalue weighted by atomic mass is 9.32. The summed E-state index contributed by atoms with van der Waals surface area (Å²) >= 11 is 0. The SMILES string of the molecule is C=C(C)[C@@H]1CC[C@]2(C(=O)N3CCC(N(C)C)CC3)CC[C@]3(C)C(CCC4[C@@]5(C)CC[C@H](OC(C)=O)[C@@](C)(COC(C)=O)C5CC[C@]43C)C12. The second kappa shape index (κ2) is 12.4. The number of likely N-dealkylation sites (tertiary alicyclic amines) is 1. The average molecular weight is 667 g/mol. The number of fused-ring (bicyclic) bond motifs is 7. The Kier molecular flexibility index (Phi) is 9.28. The Morgan fingerprint density at radius 3 is 2.06 bits per heavy atom. The molecule has 6 fully saturated rings. The minimum atomic E-state index is -0.423. The Balaban J connectivity index is 1.32. The van der Waals surface area contributed by atoms with Crippen LogP contribution in [0.2, 0.25) is 0 Å². The molecule has 7 nitrogen and oxygen atoms in total. The molecule has 270 valence electrons. The summed E-state index contributed by atoms with van der Waals surface area (Å²) in [4.78, 5) is 43.8. The van der Waals surface area contributed by atoms with Gasteiger partial charge in [-0.05, 0) is 144 Å². The minimum absolute atomic E-state index is 0.0527. The third kappa shape index (κ3) is 5.24. The van der Waals surface area contributed by atoms with Gasteiger partial charge >= 0.3 is 11.9 Å². The van der Waals surface area contributed by atoms with Gasteiger partial charge in [0.25, 0.3) is 0 Å². The summed E-state index contributed by atoms with van der Waals surface area (Å²) < 4.78 is 11.8. The van der Waals surface area contributed by atoms with Gasteiger partial charge in [-0.2, -0.15) is 0 Å². The fraction of sp³-hybridized carbons (Fsp3) is 0.878. The van der Waals surface area contributed by atoms with Crippen LogP contribution >= 0.6 is 0 Å². The topological polar surface area (TPSA) is 76.2 Å². The number of amides is 1. The van der Waals surface area contributed by atoms with Crippen LogP contribution in [0.3, 0.4) is 0 Å². The molecule has 0 radical (unpaired) electrons. The highest BCUT2D eigenvalue weighted by Gasteiger charge is 2.72. The fourth-order valence-corrected chi connectivity index (χ4v) is 14.1. The second-order valence-corrected chi connectivity index (χ2v) is 18.8.